The van der Waals surface area contributed by atoms with Crippen LogP contribution < -0.4 is 16.4 Å². The van der Waals surface area contributed by atoms with Gasteiger partial charge in [0.15, 0.2) is 0 Å². The Morgan fingerprint density at radius 2 is 1.89 bits per heavy atom. The molecule has 1 heterocycles. The molecule has 0 unspecified atom stereocenters. The second-order valence-electron chi connectivity index (χ2n) is 3.97. The quantitative estimate of drug-likeness (QED) is 0.669. The summed E-state index contributed by atoms with van der Waals surface area (Å²) in [4.78, 5) is 22.8. The van der Waals surface area contributed by atoms with E-state index in [4.69, 9.17) is 5.73 Å². The van der Waals surface area contributed by atoms with Gasteiger partial charge < -0.3 is 11.1 Å². The third kappa shape index (κ3) is 3.09. The van der Waals surface area contributed by atoms with E-state index in [1.54, 1.807) is 12.1 Å². The molecule has 0 saturated carbocycles. The summed E-state index contributed by atoms with van der Waals surface area (Å²) in [6.07, 6.45) is 1.25. The van der Waals surface area contributed by atoms with Crippen molar-refractivity contribution in [1.82, 2.24) is 10.2 Å². The summed E-state index contributed by atoms with van der Waals surface area (Å²) >= 11 is 0. The highest BCUT2D eigenvalue weighted by Crippen LogP contribution is 2.12. The lowest BCUT2D eigenvalue weighted by atomic mass is 10.2. The van der Waals surface area contributed by atoms with Crippen molar-refractivity contribution in [2.24, 2.45) is 5.73 Å². The fourth-order valence-corrected chi connectivity index (χ4v) is 1.48. The summed E-state index contributed by atoms with van der Waals surface area (Å²) in [6.45, 7) is 1.95. The maximum Gasteiger partial charge on any atom is 0.324 e. The molecule has 5 N–H and O–H groups in total. The second-order valence-corrected chi connectivity index (χ2v) is 3.97. The number of rotatable bonds is 3. The number of aromatic amines is 1. The van der Waals surface area contributed by atoms with Gasteiger partial charge in [-0.2, -0.15) is 5.10 Å². The van der Waals surface area contributed by atoms with Gasteiger partial charge in [-0.25, -0.2) is 4.79 Å². The number of nitrogens with zero attached hydrogens (tertiary/aromatic N) is 1. The molecule has 98 valence electrons. The van der Waals surface area contributed by atoms with Crippen molar-refractivity contribution in [2.45, 2.75) is 6.92 Å². The van der Waals surface area contributed by atoms with Crippen LogP contribution in [-0.2, 0) is 0 Å². The zero-order chi connectivity index (χ0) is 13.8. The summed E-state index contributed by atoms with van der Waals surface area (Å²) < 4.78 is 0. The highest BCUT2D eigenvalue weighted by atomic mass is 16.2. The third-order valence-electron chi connectivity index (χ3n) is 2.45. The molecule has 7 nitrogen and oxygen atoms in total. The fourth-order valence-electron chi connectivity index (χ4n) is 1.48. The van der Waals surface area contributed by atoms with E-state index in [9.17, 15) is 9.59 Å². The molecule has 0 atom stereocenters. The van der Waals surface area contributed by atoms with Crippen LogP contribution in [0, 0.1) is 6.92 Å². The average Bonchev–Trinajstić information content (AvgIpc) is 2.80. The molecular formula is C12H13N5O2. The molecule has 7 heteroatoms. The van der Waals surface area contributed by atoms with Crippen LogP contribution in [-0.4, -0.2) is 22.1 Å². The monoisotopic (exact) mass is 259 g/mol. The van der Waals surface area contributed by atoms with Crippen LogP contribution in [0.25, 0.3) is 0 Å². The van der Waals surface area contributed by atoms with Crippen molar-refractivity contribution in [2.75, 3.05) is 10.6 Å². The Hall–Kier alpha value is -2.83. The Kier molecular flexibility index (Phi) is 3.46. The smallest absolute Gasteiger partial charge is 0.324 e. The predicted molar refractivity (Wildman–Crippen MR) is 70.9 cm³/mol. The first-order valence-corrected chi connectivity index (χ1v) is 5.54. The molecule has 0 aliphatic carbocycles. The molecule has 3 amide bonds. The molecule has 1 aromatic carbocycles. The maximum absolute atomic E-state index is 11.7. The van der Waals surface area contributed by atoms with E-state index < -0.39 is 11.9 Å². The number of amides is 3. The molecule has 0 spiro atoms. The van der Waals surface area contributed by atoms with E-state index in [-0.39, 0.29) is 11.4 Å². The lowest BCUT2D eigenvalue weighted by molar-refractivity contribution is 0.100. The van der Waals surface area contributed by atoms with Crippen LogP contribution >= 0.6 is 0 Å². The summed E-state index contributed by atoms with van der Waals surface area (Å²) in [6, 6.07) is 6.81. The Morgan fingerprint density at radius 3 is 2.53 bits per heavy atom. The van der Waals surface area contributed by atoms with Crippen molar-refractivity contribution in [3.8, 4) is 0 Å². The first-order chi connectivity index (χ1) is 9.06. The number of hydrogen-bond donors (Lipinski definition) is 4. The van der Waals surface area contributed by atoms with Gasteiger partial charge in [-0.1, -0.05) is 17.7 Å². The topological polar surface area (TPSA) is 113 Å². The predicted octanol–water partition coefficient (Wildman–Crippen LogP) is 1.46. The molecule has 0 radical (unpaired) electrons. The van der Waals surface area contributed by atoms with Crippen LogP contribution in [0.3, 0.4) is 0 Å². The molecule has 0 saturated heterocycles. The zero-order valence-corrected chi connectivity index (χ0v) is 10.2. The van der Waals surface area contributed by atoms with Gasteiger partial charge in [-0.15, -0.1) is 0 Å². The Morgan fingerprint density at radius 1 is 1.21 bits per heavy atom. The minimum atomic E-state index is -0.667. The number of nitrogens with two attached hydrogens (primary N) is 1. The lowest BCUT2D eigenvalue weighted by Crippen LogP contribution is -2.22. The summed E-state index contributed by atoms with van der Waals surface area (Å²) in [5, 5.41) is 11.2. The van der Waals surface area contributed by atoms with Crippen molar-refractivity contribution in [1.29, 1.82) is 0 Å². The van der Waals surface area contributed by atoms with Gasteiger partial charge in [0.2, 0.25) is 0 Å². The second kappa shape index (κ2) is 5.21. The Balaban J connectivity index is 2.03. The SMILES string of the molecule is Cc1ccc(NC(=O)Nc2[nH]ncc2C(N)=O)cc1. The molecule has 19 heavy (non-hydrogen) atoms. The number of nitrogens with one attached hydrogen (secondary N) is 3. The normalized spacial score (nSPS) is 9.95. The standard InChI is InChI=1S/C12H13N5O2/c1-7-2-4-8(5-3-7)15-12(19)16-11-9(10(13)18)6-14-17-11/h2-6H,1H3,(H2,13,18)(H3,14,15,16,17,19). The van der Waals surface area contributed by atoms with Crippen LogP contribution in [0.15, 0.2) is 30.5 Å². The van der Waals surface area contributed by atoms with Gasteiger partial charge in [0.1, 0.15) is 11.4 Å². The van der Waals surface area contributed by atoms with E-state index in [0.29, 0.717) is 5.69 Å². The number of aromatic nitrogens is 2. The average molecular weight is 259 g/mol. The molecule has 1 aromatic heterocycles. The fraction of sp³-hybridized carbons (Fsp3) is 0.0833. The minimum Gasteiger partial charge on any atom is -0.365 e. The van der Waals surface area contributed by atoms with Crippen molar-refractivity contribution < 1.29 is 9.59 Å². The van der Waals surface area contributed by atoms with Crippen LogP contribution in [0.2, 0.25) is 0 Å². The summed E-state index contributed by atoms with van der Waals surface area (Å²) in [5.41, 5.74) is 6.99. The highest BCUT2D eigenvalue weighted by molar-refractivity contribution is 6.04. The van der Waals surface area contributed by atoms with Gasteiger partial charge in [0, 0.05) is 5.69 Å². The number of primary amides is 1. The number of urea groups is 1. The highest BCUT2D eigenvalue weighted by Gasteiger charge is 2.12. The number of carbonyl (C=O) groups is 2. The molecule has 0 aliphatic rings. The number of carbonyl (C=O) groups excluding carboxylic acids is 2. The maximum atomic E-state index is 11.7. The summed E-state index contributed by atoms with van der Waals surface area (Å²) in [5.74, 6) is -0.503. The van der Waals surface area contributed by atoms with Gasteiger partial charge in [-0.05, 0) is 19.1 Å². The minimum absolute atomic E-state index is 0.124. The molecule has 0 aliphatic heterocycles. The Labute approximate surface area is 109 Å². The van der Waals surface area contributed by atoms with Crippen molar-refractivity contribution in [3.63, 3.8) is 0 Å². The number of hydrogen-bond acceptors (Lipinski definition) is 3. The van der Waals surface area contributed by atoms with E-state index in [1.165, 1.54) is 6.20 Å². The van der Waals surface area contributed by atoms with E-state index >= 15 is 0 Å². The summed E-state index contributed by atoms with van der Waals surface area (Å²) in [7, 11) is 0. The first-order valence-electron chi connectivity index (χ1n) is 5.54. The zero-order valence-electron chi connectivity index (χ0n) is 10.2. The van der Waals surface area contributed by atoms with Crippen molar-refractivity contribution in [3.05, 3.63) is 41.6 Å². The molecule has 0 bridgehead atoms. The molecule has 0 fully saturated rings. The Bertz CT molecular complexity index is 603. The van der Waals surface area contributed by atoms with Gasteiger partial charge in [0.05, 0.1) is 6.20 Å². The molecule has 2 rings (SSSR count). The van der Waals surface area contributed by atoms with Crippen LogP contribution in [0.5, 0.6) is 0 Å². The van der Waals surface area contributed by atoms with Crippen LogP contribution in [0.4, 0.5) is 16.3 Å². The van der Waals surface area contributed by atoms with Crippen LogP contribution in [0.1, 0.15) is 15.9 Å². The van der Waals surface area contributed by atoms with Gasteiger partial charge in [0.25, 0.3) is 5.91 Å². The van der Waals surface area contributed by atoms with Gasteiger partial charge >= 0.3 is 6.03 Å². The first kappa shape index (κ1) is 12.6. The van der Waals surface area contributed by atoms with E-state index in [1.807, 2.05) is 19.1 Å². The molecular weight excluding hydrogens is 246 g/mol. The van der Waals surface area contributed by atoms with Crippen molar-refractivity contribution >= 4 is 23.4 Å². The van der Waals surface area contributed by atoms with E-state index in [2.05, 4.69) is 20.8 Å². The number of H-pyrrole nitrogens is 1. The number of anilines is 2. The largest absolute Gasteiger partial charge is 0.365 e. The molecule has 2 aromatic rings. The lowest BCUT2D eigenvalue weighted by Gasteiger charge is -2.07. The van der Waals surface area contributed by atoms with Gasteiger partial charge in [-0.3, -0.25) is 15.2 Å². The number of benzene rings is 1. The van der Waals surface area contributed by atoms with E-state index in [0.717, 1.165) is 5.56 Å². The third-order valence-corrected chi connectivity index (χ3v) is 2.45. The number of aryl methyl sites for hydroxylation is 1.